The molecule has 2 aromatic rings. The fourth-order valence-electron chi connectivity index (χ4n) is 2.46. The minimum absolute atomic E-state index is 0.708. The van der Waals surface area contributed by atoms with E-state index in [2.05, 4.69) is 49.5 Å². The van der Waals surface area contributed by atoms with Gasteiger partial charge in [0.1, 0.15) is 5.75 Å². The Kier molecular flexibility index (Phi) is 5.82. The zero-order valence-corrected chi connectivity index (χ0v) is 13.2. The lowest BCUT2D eigenvalue weighted by molar-refractivity contribution is 0.407. The van der Waals surface area contributed by atoms with Crippen molar-refractivity contribution >= 4 is 0 Å². The predicted molar refractivity (Wildman–Crippen MR) is 88.5 cm³/mol. The summed E-state index contributed by atoms with van der Waals surface area (Å²) in [6.45, 7) is 6.20. The molecule has 0 saturated heterocycles. The van der Waals surface area contributed by atoms with Gasteiger partial charge in [-0.15, -0.1) is 0 Å². The molecule has 0 aliphatic carbocycles. The molecule has 0 bridgehead atoms. The van der Waals surface area contributed by atoms with Crippen molar-refractivity contribution in [3.63, 3.8) is 0 Å². The standard InChI is InChI=1S/C19H25NO/c1-15(2)12-16-8-10-17(11-9-16)13-20-14-18-6-4-5-7-19(18)21-3/h4-11,15,20H,12-14H2,1-3H3. The fourth-order valence-corrected chi connectivity index (χ4v) is 2.46. The first-order valence-electron chi connectivity index (χ1n) is 7.59. The van der Waals surface area contributed by atoms with Crippen molar-refractivity contribution in [2.75, 3.05) is 7.11 Å². The first kappa shape index (κ1) is 15.6. The molecule has 0 amide bonds. The van der Waals surface area contributed by atoms with Gasteiger partial charge in [-0.05, 0) is 29.5 Å². The van der Waals surface area contributed by atoms with E-state index in [-0.39, 0.29) is 0 Å². The molecule has 2 heteroatoms. The molecule has 21 heavy (non-hydrogen) atoms. The van der Waals surface area contributed by atoms with Gasteiger partial charge in [0.2, 0.25) is 0 Å². The maximum Gasteiger partial charge on any atom is 0.123 e. The highest BCUT2D eigenvalue weighted by Crippen LogP contribution is 2.17. The molecule has 0 aliphatic rings. The summed E-state index contributed by atoms with van der Waals surface area (Å²) in [7, 11) is 1.71. The molecule has 0 saturated carbocycles. The molecule has 0 heterocycles. The van der Waals surface area contributed by atoms with E-state index in [4.69, 9.17) is 4.74 Å². The highest BCUT2D eigenvalue weighted by atomic mass is 16.5. The van der Waals surface area contributed by atoms with Crippen LogP contribution in [0, 0.1) is 5.92 Å². The third-order valence-electron chi connectivity index (χ3n) is 3.50. The maximum atomic E-state index is 5.36. The second kappa shape index (κ2) is 7.84. The Morgan fingerprint density at radius 3 is 2.24 bits per heavy atom. The second-order valence-electron chi connectivity index (χ2n) is 5.83. The van der Waals surface area contributed by atoms with Crippen LogP contribution in [-0.4, -0.2) is 7.11 Å². The Balaban J connectivity index is 1.86. The minimum atomic E-state index is 0.708. The van der Waals surface area contributed by atoms with Gasteiger partial charge >= 0.3 is 0 Å². The highest BCUT2D eigenvalue weighted by Gasteiger charge is 2.01. The Bertz CT molecular complexity index is 546. The molecule has 0 aromatic heterocycles. The molecule has 1 N–H and O–H groups in total. The van der Waals surface area contributed by atoms with Crippen molar-refractivity contribution in [3.8, 4) is 5.75 Å². The average molecular weight is 283 g/mol. The predicted octanol–water partition coefficient (Wildman–Crippen LogP) is 4.18. The number of hydrogen-bond donors (Lipinski definition) is 1. The number of benzene rings is 2. The second-order valence-corrected chi connectivity index (χ2v) is 5.83. The van der Waals surface area contributed by atoms with E-state index in [9.17, 15) is 0 Å². The molecule has 0 unspecified atom stereocenters. The maximum absolute atomic E-state index is 5.36. The molecule has 2 rings (SSSR count). The zero-order chi connectivity index (χ0) is 15.1. The zero-order valence-electron chi connectivity index (χ0n) is 13.2. The summed E-state index contributed by atoms with van der Waals surface area (Å²) in [6.07, 6.45) is 1.15. The van der Waals surface area contributed by atoms with E-state index in [0.29, 0.717) is 5.92 Å². The summed E-state index contributed by atoms with van der Waals surface area (Å²) in [5, 5.41) is 3.47. The number of rotatable bonds is 7. The van der Waals surface area contributed by atoms with Crippen LogP contribution in [0.2, 0.25) is 0 Å². The summed E-state index contributed by atoms with van der Waals surface area (Å²) in [5.41, 5.74) is 3.92. The van der Waals surface area contributed by atoms with Crippen molar-refractivity contribution in [2.24, 2.45) is 5.92 Å². The molecule has 0 fully saturated rings. The van der Waals surface area contributed by atoms with E-state index >= 15 is 0 Å². The third-order valence-corrected chi connectivity index (χ3v) is 3.50. The Hall–Kier alpha value is -1.80. The summed E-state index contributed by atoms with van der Waals surface area (Å²) < 4.78 is 5.36. The van der Waals surface area contributed by atoms with Gasteiger partial charge in [0.05, 0.1) is 7.11 Å². The van der Waals surface area contributed by atoms with Crippen LogP contribution in [-0.2, 0) is 19.5 Å². The van der Waals surface area contributed by atoms with Gasteiger partial charge in [-0.2, -0.15) is 0 Å². The smallest absolute Gasteiger partial charge is 0.123 e. The van der Waals surface area contributed by atoms with Crippen LogP contribution < -0.4 is 10.1 Å². The number of methoxy groups -OCH3 is 1. The summed E-state index contributed by atoms with van der Waals surface area (Å²) in [4.78, 5) is 0. The molecule has 112 valence electrons. The van der Waals surface area contributed by atoms with Crippen molar-refractivity contribution in [3.05, 3.63) is 65.2 Å². The Labute approximate surface area is 128 Å². The van der Waals surface area contributed by atoms with Crippen molar-refractivity contribution in [2.45, 2.75) is 33.4 Å². The van der Waals surface area contributed by atoms with E-state index < -0.39 is 0 Å². The summed E-state index contributed by atoms with van der Waals surface area (Å²) in [6, 6.07) is 17.0. The van der Waals surface area contributed by atoms with Crippen LogP contribution in [0.25, 0.3) is 0 Å². The van der Waals surface area contributed by atoms with Gasteiger partial charge in [0.15, 0.2) is 0 Å². The Morgan fingerprint density at radius 2 is 1.57 bits per heavy atom. The quantitative estimate of drug-likeness (QED) is 0.823. The highest BCUT2D eigenvalue weighted by molar-refractivity contribution is 5.33. The molecule has 0 radical (unpaired) electrons. The normalized spacial score (nSPS) is 10.9. The topological polar surface area (TPSA) is 21.3 Å². The molecule has 0 spiro atoms. The monoisotopic (exact) mass is 283 g/mol. The number of para-hydroxylation sites is 1. The average Bonchev–Trinajstić information content (AvgIpc) is 2.49. The van der Waals surface area contributed by atoms with Crippen LogP contribution in [0.5, 0.6) is 5.75 Å². The molecular formula is C19H25NO. The van der Waals surface area contributed by atoms with Crippen LogP contribution in [0.15, 0.2) is 48.5 Å². The van der Waals surface area contributed by atoms with Crippen LogP contribution >= 0.6 is 0 Å². The number of nitrogens with one attached hydrogen (secondary N) is 1. The van der Waals surface area contributed by atoms with E-state index in [0.717, 1.165) is 25.3 Å². The lowest BCUT2D eigenvalue weighted by Gasteiger charge is -2.10. The third kappa shape index (κ3) is 4.91. The largest absolute Gasteiger partial charge is 0.496 e. The van der Waals surface area contributed by atoms with Gasteiger partial charge in [-0.25, -0.2) is 0 Å². The lowest BCUT2D eigenvalue weighted by atomic mass is 10.0. The van der Waals surface area contributed by atoms with Crippen LogP contribution in [0.3, 0.4) is 0 Å². The van der Waals surface area contributed by atoms with Gasteiger partial charge in [0.25, 0.3) is 0 Å². The van der Waals surface area contributed by atoms with Gasteiger partial charge in [-0.3, -0.25) is 0 Å². The molecule has 0 atom stereocenters. The number of hydrogen-bond acceptors (Lipinski definition) is 2. The first-order valence-corrected chi connectivity index (χ1v) is 7.59. The van der Waals surface area contributed by atoms with Crippen molar-refractivity contribution in [1.82, 2.24) is 5.32 Å². The minimum Gasteiger partial charge on any atom is -0.496 e. The number of ether oxygens (including phenoxy) is 1. The van der Waals surface area contributed by atoms with Crippen molar-refractivity contribution in [1.29, 1.82) is 0 Å². The molecule has 2 nitrogen and oxygen atoms in total. The fraction of sp³-hybridized carbons (Fsp3) is 0.368. The SMILES string of the molecule is COc1ccccc1CNCc1ccc(CC(C)C)cc1. The Morgan fingerprint density at radius 1 is 0.905 bits per heavy atom. The first-order chi connectivity index (χ1) is 10.2. The molecule has 2 aromatic carbocycles. The van der Waals surface area contributed by atoms with Gasteiger partial charge in [-0.1, -0.05) is 56.3 Å². The summed E-state index contributed by atoms with van der Waals surface area (Å²) in [5.74, 6) is 1.65. The van der Waals surface area contributed by atoms with E-state index in [1.165, 1.54) is 16.7 Å². The van der Waals surface area contributed by atoms with Crippen molar-refractivity contribution < 1.29 is 4.74 Å². The molecule has 0 aliphatic heterocycles. The van der Waals surface area contributed by atoms with Crippen LogP contribution in [0.1, 0.15) is 30.5 Å². The van der Waals surface area contributed by atoms with Crippen LogP contribution in [0.4, 0.5) is 0 Å². The van der Waals surface area contributed by atoms with E-state index in [1.807, 2.05) is 18.2 Å². The summed E-state index contributed by atoms with van der Waals surface area (Å²) >= 11 is 0. The molecular weight excluding hydrogens is 258 g/mol. The lowest BCUT2D eigenvalue weighted by Crippen LogP contribution is -2.13. The van der Waals surface area contributed by atoms with E-state index in [1.54, 1.807) is 7.11 Å². The van der Waals surface area contributed by atoms with Gasteiger partial charge < -0.3 is 10.1 Å². The van der Waals surface area contributed by atoms with Gasteiger partial charge in [0, 0.05) is 18.7 Å².